The van der Waals surface area contributed by atoms with Crippen LogP contribution >= 0.6 is 23.2 Å². The second-order valence-corrected chi connectivity index (χ2v) is 15.1. The molecule has 8 nitrogen and oxygen atoms in total. The summed E-state index contributed by atoms with van der Waals surface area (Å²) in [7, 11) is 0. The molecular formula is C42H31Cl2FN2O6. The van der Waals surface area contributed by atoms with Gasteiger partial charge >= 0.3 is 0 Å². The maximum Gasteiger partial charge on any atom is 0.258 e. The number of rotatable bonds is 7. The number of allylic oxidation sites excluding steroid dienone is 3. The highest BCUT2D eigenvalue weighted by molar-refractivity contribution is 6.58. The number of anilines is 2. The number of carbonyl (C=O) groups is 5. The first-order valence-corrected chi connectivity index (χ1v) is 17.9. The summed E-state index contributed by atoms with van der Waals surface area (Å²) in [5.74, 6) is -7.46. The van der Waals surface area contributed by atoms with Gasteiger partial charge < -0.3 is 5.11 Å². The van der Waals surface area contributed by atoms with Gasteiger partial charge in [-0.25, -0.2) is 9.29 Å². The Balaban J connectivity index is 1.22. The van der Waals surface area contributed by atoms with Gasteiger partial charge in [0.2, 0.25) is 11.8 Å². The minimum absolute atomic E-state index is 0.0570. The molecule has 8 rings (SSSR count). The first kappa shape index (κ1) is 34.7. The second-order valence-electron chi connectivity index (χ2n) is 13.9. The summed E-state index contributed by atoms with van der Waals surface area (Å²) in [4.78, 5) is 68.4. The number of para-hydroxylation sites is 1. The van der Waals surface area contributed by atoms with Crippen molar-refractivity contribution in [2.75, 3.05) is 9.80 Å². The lowest BCUT2D eigenvalue weighted by Gasteiger charge is -2.50. The van der Waals surface area contributed by atoms with Gasteiger partial charge in [0.1, 0.15) is 11.6 Å². The molecule has 6 atom stereocenters. The number of imide groups is 2. The second kappa shape index (κ2) is 12.6. The van der Waals surface area contributed by atoms with E-state index in [9.17, 15) is 33.5 Å². The first-order chi connectivity index (χ1) is 25.4. The molecule has 4 aliphatic rings. The molecule has 4 aromatic carbocycles. The third kappa shape index (κ3) is 4.97. The number of alkyl halides is 2. The van der Waals surface area contributed by atoms with Gasteiger partial charge in [0, 0.05) is 22.6 Å². The zero-order valence-electron chi connectivity index (χ0n) is 28.0. The fourth-order valence-corrected chi connectivity index (χ4v) is 9.61. The highest BCUT2D eigenvalue weighted by atomic mass is 35.5. The molecular weight excluding hydrogens is 718 g/mol. The number of amides is 4. The highest BCUT2D eigenvalue weighted by Crippen LogP contribution is 2.66. The van der Waals surface area contributed by atoms with Crippen LogP contribution in [0.15, 0.2) is 121 Å². The molecule has 266 valence electrons. The first-order valence-electron chi connectivity index (χ1n) is 17.1. The molecule has 0 radical (unpaired) electrons. The predicted molar refractivity (Wildman–Crippen MR) is 197 cm³/mol. The van der Waals surface area contributed by atoms with Crippen LogP contribution in [-0.4, -0.2) is 44.3 Å². The largest absolute Gasteiger partial charge is 0.507 e. The van der Waals surface area contributed by atoms with Gasteiger partial charge in [0.15, 0.2) is 15.5 Å². The average molecular weight is 750 g/mol. The number of halogens is 3. The van der Waals surface area contributed by atoms with Crippen molar-refractivity contribution in [2.45, 2.75) is 34.9 Å². The maximum atomic E-state index is 14.6. The van der Waals surface area contributed by atoms with Crippen LogP contribution < -0.4 is 9.80 Å². The summed E-state index contributed by atoms with van der Waals surface area (Å²) in [6.07, 6.45) is 3.53. The number of phenolic OH excluding ortho intramolecular Hbond substituents is 1. The molecule has 2 aliphatic carbocycles. The van der Waals surface area contributed by atoms with E-state index in [0.717, 1.165) is 21.9 Å². The number of fused-ring (bicyclic) bond motifs is 4. The Hall–Kier alpha value is -5.38. The molecule has 2 aliphatic heterocycles. The summed E-state index contributed by atoms with van der Waals surface area (Å²) < 4.78 is 14.0. The van der Waals surface area contributed by atoms with E-state index < -0.39 is 62.9 Å². The van der Waals surface area contributed by atoms with E-state index in [1.165, 1.54) is 12.1 Å². The van der Waals surface area contributed by atoms with Crippen molar-refractivity contribution in [3.63, 3.8) is 0 Å². The quantitative estimate of drug-likeness (QED) is 0.0922. The summed E-state index contributed by atoms with van der Waals surface area (Å²) in [5, 5.41) is 11.7. The van der Waals surface area contributed by atoms with Crippen LogP contribution in [0.2, 0.25) is 0 Å². The molecule has 0 aromatic heterocycles. The zero-order chi connectivity index (χ0) is 37.4. The van der Waals surface area contributed by atoms with E-state index >= 15 is 0 Å². The molecule has 4 amide bonds. The van der Waals surface area contributed by atoms with Gasteiger partial charge in [-0.3, -0.25) is 28.9 Å². The van der Waals surface area contributed by atoms with Crippen molar-refractivity contribution in [2.24, 2.45) is 17.8 Å². The van der Waals surface area contributed by atoms with Crippen LogP contribution in [-0.2, 0) is 25.6 Å². The van der Waals surface area contributed by atoms with Crippen LogP contribution in [0.5, 0.6) is 5.75 Å². The van der Waals surface area contributed by atoms with Crippen LogP contribution in [0.1, 0.15) is 45.8 Å². The maximum absolute atomic E-state index is 14.6. The molecule has 0 bridgehead atoms. The van der Waals surface area contributed by atoms with Gasteiger partial charge in [-0.15, -0.1) is 29.8 Å². The smallest absolute Gasteiger partial charge is 0.258 e. The molecule has 4 aromatic rings. The van der Waals surface area contributed by atoms with E-state index in [1.54, 1.807) is 78.9 Å². The van der Waals surface area contributed by atoms with Crippen molar-refractivity contribution in [1.82, 2.24) is 0 Å². The highest BCUT2D eigenvalue weighted by Gasteiger charge is 2.77. The number of hydrogen-bond donors (Lipinski definition) is 1. The number of ketones is 1. The molecule has 0 unspecified atom stereocenters. The van der Waals surface area contributed by atoms with E-state index in [-0.39, 0.29) is 47.7 Å². The number of carbonyl (C=O) groups excluding carboxylic acids is 5. The zero-order valence-corrected chi connectivity index (χ0v) is 29.6. The fraction of sp³-hybridized carbons (Fsp3) is 0.214. The standard InChI is InChI=1S/C42H31Cl2FN2O6/c1-2-7-23-10-6-11-31(36(23)49)34-29-20-21-30-33(32(29)22-41(43)39(52)47(40(53)42(34,41)44)28-18-14-26(45)15-19-28)38(51)46(37(30)50)27-16-12-25(13-17-27)35(48)24-8-4-3-5-9-24/h2-6,8-20,30,32-34,49H,1,7,21-22H2/t30-,32+,33-,34+,41+,42-/m0/s1. The van der Waals surface area contributed by atoms with Gasteiger partial charge in [-0.05, 0) is 79.3 Å². The lowest BCUT2D eigenvalue weighted by molar-refractivity contribution is -0.125. The summed E-state index contributed by atoms with van der Waals surface area (Å²) in [6.45, 7) is 3.77. The van der Waals surface area contributed by atoms with E-state index in [1.807, 2.05) is 6.07 Å². The van der Waals surface area contributed by atoms with Crippen molar-refractivity contribution in [3.8, 4) is 5.75 Å². The number of nitrogens with zero attached hydrogens (tertiary/aromatic N) is 2. The molecule has 53 heavy (non-hydrogen) atoms. The van der Waals surface area contributed by atoms with Crippen molar-refractivity contribution in [1.29, 1.82) is 0 Å². The van der Waals surface area contributed by atoms with Crippen molar-refractivity contribution >= 4 is 64.0 Å². The lowest BCUT2D eigenvalue weighted by Crippen LogP contribution is -2.60. The Morgan fingerprint density at radius 1 is 0.811 bits per heavy atom. The normalized spacial score (nSPS) is 27.6. The molecule has 1 saturated carbocycles. The molecule has 0 spiro atoms. The Morgan fingerprint density at radius 2 is 1.45 bits per heavy atom. The van der Waals surface area contributed by atoms with E-state index in [0.29, 0.717) is 22.3 Å². The average Bonchev–Trinajstić information content (AvgIpc) is 3.50. The Bertz CT molecular complexity index is 2280. The Labute approximate surface area is 314 Å². The number of hydrogen-bond acceptors (Lipinski definition) is 6. The molecule has 11 heteroatoms. The summed E-state index contributed by atoms with van der Waals surface area (Å²) in [5.41, 5.74) is 2.45. The summed E-state index contributed by atoms with van der Waals surface area (Å²) in [6, 6.07) is 24.7. The van der Waals surface area contributed by atoms with Gasteiger partial charge in [-0.1, -0.05) is 66.3 Å². The van der Waals surface area contributed by atoms with E-state index in [4.69, 9.17) is 23.2 Å². The third-order valence-electron chi connectivity index (χ3n) is 11.1. The Morgan fingerprint density at radius 3 is 2.13 bits per heavy atom. The fourth-order valence-electron chi connectivity index (χ4n) is 8.68. The molecule has 2 heterocycles. The van der Waals surface area contributed by atoms with Gasteiger partial charge in [0.25, 0.3) is 11.8 Å². The SMILES string of the molecule is C=CCc1cccc([C@H]2C3=CC[C@@H]4C(=O)N(c5ccc(C(=O)c6ccccc6)cc5)C(=O)[C@@H]4[C@@H]3C[C@@]3(Cl)C(=O)N(c4ccc(F)cc4)C(=O)[C@@]23Cl)c1O. The van der Waals surface area contributed by atoms with Gasteiger partial charge in [0.05, 0.1) is 23.2 Å². The molecule has 1 N–H and O–H groups in total. The predicted octanol–water partition coefficient (Wildman–Crippen LogP) is 7.26. The topological polar surface area (TPSA) is 112 Å². The number of phenols is 1. The van der Waals surface area contributed by atoms with Gasteiger partial charge in [-0.2, -0.15) is 0 Å². The van der Waals surface area contributed by atoms with Crippen LogP contribution in [0.25, 0.3) is 0 Å². The minimum atomic E-state index is -2.19. The number of benzene rings is 4. The minimum Gasteiger partial charge on any atom is -0.507 e. The Kier molecular flexibility index (Phi) is 8.27. The molecule has 2 saturated heterocycles. The third-order valence-corrected chi connectivity index (χ3v) is 12.6. The molecule has 3 fully saturated rings. The van der Waals surface area contributed by atoms with Crippen LogP contribution in [0, 0.1) is 23.6 Å². The van der Waals surface area contributed by atoms with Crippen LogP contribution in [0.4, 0.5) is 15.8 Å². The van der Waals surface area contributed by atoms with Crippen molar-refractivity contribution in [3.05, 3.63) is 149 Å². The lowest BCUT2D eigenvalue weighted by atomic mass is 9.56. The number of aromatic hydroxyl groups is 1. The monoisotopic (exact) mass is 748 g/mol. The van der Waals surface area contributed by atoms with Crippen molar-refractivity contribution < 1.29 is 33.5 Å². The summed E-state index contributed by atoms with van der Waals surface area (Å²) >= 11 is 14.9. The van der Waals surface area contributed by atoms with Crippen LogP contribution in [0.3, 0.4) is 0 Å². The van der Waals surface area contributed by atoms with E-state index in [2.05, 4.69) is 6.58 Å².